The average molecular weight is 362 g/mol. The van der Waals surface area contributed by atoms with E-state index >= 15 is 0 Å². The Hall–Kier alpha value is -2.87. The molecule has 0 spiro atoms. The number of benzene rings is 1. The van der Waals surface area contributed by atoms with Gasteiger partial charge in [0.15, 0.2) is 0 Å². The topological polar surface area (TPSA) is 102 Å². The molecule has 0 atom stereocenters. The molecule has 9 heteroatoms. The summed E-state index contributed by atoms with van der Waals surface area (Å²) in [6, 6.07) is 6.95. The molecule has 130 valence electrons. The second-order valence-electron chi connectivity index (χ2n) is 5.13. The summed E-state index contributed by atoms with van der Waals surface area (Å²) in [5.41, 5.74) is 1.86. The predicted octanol–water partition coefficient (Wildman–Crippen LogP) is 2.00. The molecule has 0 unspecified atom stereocenters. The number of amides is 1. The molecule has 0 radical (unpaired) electrons. The molecule has 2 N–H and O–H groups in total. The number of imidazole rings is 1. The van der Waals surface area contributed by atoms with E-state index < -0.39 is 0 Å². The lowest BCUT2D eigenvalue weighted by molar-refractivity contribution is 0.0947. The molecular weight excluding hydrogens is 346 g/mol. The number of nitrogens with zero attached hydrogens (tertiary/aromatic N) is 3. The fourth-order valence-corrected chi connectivity index (χ4v) is 2.43. The highest BCUT2D eigenvalue weighted by molar-refractivity contribution is 6.31. The fourth-order valence-electron chi connectivity index (χ4n) is 2.25. The number of aromatic nitrogens is 4. The van der Waals surface area contributed by atoms with Crippen LogP contribution in [0.4, 0.5) is 0 Å². The van der Waals surface area contributed by atoms with Gasteiger partial charge in [-0.15, -0.1) is 0 Å². The van der Waals surface area contributed by atoms with E-state index in [2.05, 4.69) is 25.3 Å². The normalized spacial score (nSPS) is 10.7. The molecule has 3 rings (SSSR count). The summed E-state index contributed by atoms with van der Waals surface area (Å²) in [4.78, 5) is 27.8. The van der Waals surface area contributed by atoms with Crippen molar-refractivity contribution in [1.82, 2.24) is 25.3 Å². The van der Waals surface area contributed by atoms with Crippen LogP contribution in [-0.2, 0) is 6.42 Å². The number of methoxy groups -OCH3 is 2. The number of nitrogens with one attached hydrogen (secondary N) is 2. The lowest BCUT2D eigenvalue weighted by Crippen LogP contribution is -2.27. The quantitative estimate of drug-likeness (QED) is 0.696. The largest absolute Gasteiger partial charge is 0.481 e. The number of hydrogen-bond acceptors (Lipinski definition) is 6. The molecule has 3 aromatic rings. The molecule has 0 fully saturated rings. The van der Waals surface area contributed by atoms with Crippen molar-refractivity contribution < 1.29 is 14.3 Å². The summed E-state index contributed by atoms with van der Waals surface area (Å²) in [5, 5.41) is 3.42. The van der Waals surface area contributed by atoms with Gasteiger partial charge in [-0.05, 0) is 18.2 Å². The van der Waals surface area contributed by atoms with Crippen molar-refractivity contribution in [2.24, 2.45) is 0 Å². The van der Waals surface area contributed by atoms with Crippen molar-refractivity contribution in [2.75, 3.05) is 20.8 Å². The van der Waals surface area contributed by atoms with E-state index in [1.807, 2.05) is 12.1 Å². The van der Waals surface area contributed by atoms with Gasteiger partial charge in [-0.2, -0.15) is 9.97 Å². The predicted molar refractivity (Wildman–Crippen MR) is 92.3 cm³/mol. The monoisotopic (exact) mass is 361 g/mol. The van der Waals surface area contributed by atoms with Crippen molar-refractivity contribution in [3.8, 4) is 11.9 Å². The SMILES string of the molecule is COc1cc(C(=O)NCCc2nc3ccc(Cl)cc3[nH]2)nc(OC)n1. The summed E-state index contributed by atoms with van der Waals surface area (Å²) in [5.74, 6) is 0.666. The Labute approximate surface area is 148 Å². The molecule has 0 aliphatic rings. The Morgan fingerprint density at radius 2 is 2.04 bits per heavy atom. The molecule has 0 saturated carbocycles. The van der Waals surface area contributed by atoms with E-state index in [0.717, 1.165) is 16.9 Å². The Bertz CT molecular complexity index is 890. The van der Waals surface area contributed by atoms with Crippen molar-refractivity contribution >= 4 is 28.5 Å². The molecular formula is C16H16ClN5O3. The van der Waals surface area contributed by atoms with Gasteiger partial charge in [0.05, 0.1) is 25.3 Å². The zero-order valence-corrected chi connectivity index (χ0v) is 14.4. The molecule has 8 nitrogen and oxygen atoms in total. The van der Waals surface area contributed by atoms with Crippen LogP contribution in [0.15, 0.2) is 24.3 Å². The Morgan fingerprint density at radius 3 is 2.80 bits per heavy atom. The summed E-state index contributed by atoms with van der Waals surface area (Å²) in [7, 11) is 2.88. The highest BCUT2D eigenvalue weighted by Gasteiger charge is 2.13. The van der Waals surface area contributed by atoms with Gasteiger partial charge in [-0.1, -0.05) is 11.6 Å². The number of carbonyl (C=O) groups excluding carboxylic acids is 1. The molecule has 25 heavy (non-hydrogen) atoms. The lowest BCUT2D eigenvalue weighted by Gasteiger charge is -2.06. The zero-order chi connectivity index (χ0) is 17.8. The number of fused-ring (bicyclic) bond motifs is 1. The maximum atomic E-state index is 12.2. The summed E-state index contributed by atoms with van der Waals surface area (Å²) >= 11 is 5.95. The summed E-state index contributed by atoms with van der Waals surface area (Å²) in [6.07, 6.45) is 0.539. The van der Waals surface area contributed by atoms with Crippen LogP contribution in [0.3, 0.4) is 0 Å². The molecule has 2 aromatic heterocycles. The van der Waals surface area contributed by atoms with E-state index in [9.17, 15) is 4.79 Å². The van der Waals surface area contributed by atoms with E-state index in [0.29, 0.717) is 18.0 Å². The number of rotatable bonds is 6. The molecule has 1 amide bonds. The van der Waals surface area contributed by atoms with E-state index in [-0.39, 0.29) is 23.5 Å². The van der Waals surface area contributed by atoms with Gasteiger partial charge in [0.25, 0.3) is 5.91 Å². The van der Waals surface area contributed by atoms with Gasteiger partial charge < -0.3 is 19.8 Å². The van der Waals surface area contributed by atoms with Gasteiger partial charge in [-0.3, -0.25) is 4.79 Å². The van der Waals surface area contributed by atoms with E-state index in [1.165, 1.54) is 20.3 Å². The number of hydrogen-bond donors (Lipinski definition) is 2. The lowest BCUT2D eigenvalue weighted by atomic mass is 10.3. The molecule has 0 aliphatic carbocycles. The summed E-state index contributed by atoms with van der Waals surface area (Å²) < 4.78 is 9.98. The maximum absolute atomic E-state index is 12.2. The minimum Gasteiger partial charge on any atom is -0.481 e. The fraction of sp³-hybridized carbons (Fsp3) is 0.250. The van der Waals surface area contributed by atoms with Crippen molar-refractivity contribution in [3.63, 3.8) is 0 Å². The molecule has 0 saturated heterocycles. The van der Waals surface area contributed by atoms with Crippen LogP contribution >= 0.6 is 11.6 Å². The standard InChI is InChI=1S/C16H16ClN5O3/c1-24-14-8-12(21-16(22-14)25-2)15(23)18-6-5-13-19-10-4-3-9(17)7-11(10)20-13/h3-4,7-8H,5-6H2,1-2H3,(H,18,23)(H,19,20). The molecule has 2 heterocycles. The van der Waals surface area contributed by atoms with Crippen LogP contribution in [0.2, 0.25) is 5.02 Å². The van der Waals surface area contributed by atoms with Gasteiger partial charge in [0.2, 0.25) is 5.88 Å². The van der Waals surface area contributed by atoms with Crippen molar-refractivity contribution in [1.29, 1.82) is 0 Å². The molecule has 0 bridgehead atoms. The third-order valence-corrected chi connectivity index (χ3v) is 3.68. The third kappa shape index (κ3) is 3.97. The van der Waals surface area contributed by atoms with Crippen molar-refractivity contribution in [2.45, 2.75) is 6.42 Å². The summed E-state index contributed by atoms with van der Waals surface area (Å²) in [6.45, 7) is 0.390. The van der Waals surface area contributed by atoms with E-state index in [1.54, 1.807) is 6.07 Å². The number of carbonyl (C=O) groups is 1. The second-order valence-corrected chi connectivity index (χ2v) is 5.57. The first-order valence-electron chi connectivity index (χ1n) is 7.48. The van der Waals surface area contributed by atoms with Crippen LogP contribution in [0, 0.1) is 0 Å². The van der Waals surface area contributed by atoms with Crippen LogP contribution in [0.25, 0.3) is 11.0 Å². The number of ether oxygens (including phenoxy) is 2. The highest BCUT2D eigenvalue weighted by atomic mass is 35.5. The van der Waals surface area contributed by atoms with Crippen LogP contribution in [0.1, 0.15) is 16.3 Å². The number of halogens is 1. The zero-order valence-electron chi connectivity index (χ0n) is 13.7. The Morgan fingerprint density at radius 1 is 1.20 bits per heavy atom. The Kier molecular flexibility index (Phi) is 4.99. The minimum absolute atomic E-state index is 0.0682. The minimum atomic E-state index is -0.349. The first kappa shape index (κ1) is 17.0. The maximum Gasteiger partial charge on any atom is 0.320 e. The van der Waals surface area contributed by atoms with Gasteiger partial charge in [0.1, 0.15) is 11.5 Å². The van der Waals surface area contributed by atoms with Crippen LogP contribution < -0.4 is 14.8 Å². The molecule has 0 aliphatic heterocycles. The van der Waals surface area contributed by atoms with Crippen LogP contribution in [0.5, 0.6) is 11.9 Å². The average Bonchev–Trinajstić information content (AvgIpc) is 3.02. The van der Waals surface area contributed by atoms with Gasteiger partial charge >= 0.3 is 6.01 Å². The van der Waals surface area contributed by atoms with Crippen molar-refractivity contribution in [3.05, 3.63) is 40.8 Å². The first-order valence-corrected chi connectivity index (χ1v) is 7.86. The Balaban J connectivity index is 1.63. The highest BCUT2D eigenvalue weighted by Crippen LogP contribution is 2.17. The number of H-pyrrole nitrogens is 1. The molecule has 1 aromatic carbocycles. The van der Waals surface area contributed by atoms with Gasteiger partial charge in [-0.25, -0.2) is 4.98 Å². The first-order chi connectivity index (χ1) is 12.1. The second kappa shape index (κ2) is 7.35. The third-order valence-electron chi connectivity index (χ3n) is 3.45. The van der Waals surface area contributed by atoms with E-state index in [4.69, 9.17) is 21.1 Å². The smallest absolute Gasteiger partial charge is 0.320 e. The van der Waals surface area contributed by atoms with Crippen LogP contribution in [-0.4, -0.2) is 46.6 Å². The number of aromatic amines is 1. The van der Waals surface area contributed by atoms with Gasteiger partial charge in [0, 0.05) is 24.1 Å².